The Kier molecular flexibility index (Phi) is 5.57. The third-order valence-electron chi connectivity index (χ3n) is 8.55. The van der Waals surface area contributed by atoms with Crippen molar-refractivity contribution >= 4 is 17.5 Å². The van der Waals surface area contributed by atoms with Gasteiger partial charge in [-0.2, -0.15) is 0 Å². The summed E-state index contributed by atoms with van der Waals surface area (Å²) in [5, 5.41) is 9.61. The van der Waals surface area contributed by atoms with Crippen LogP contribution < -0.4 is 4.90 Å². The smallest absolute Gasteiger partial charge is 0.238 e. The molecule has 1 spiro atoms. The molecule has 3 aliphatic heterocycles. The average molecular weight is 440 g/mol. The number of likely N-dealkylation sites (tertiary alicyclic amines) is 2. The molecule has 0 bridgehead atoms. The normalized spacial score (nSPS) is 28.0. The minimum atomic E-state index is -0.774. The van der Waals surface area contributed by atoms with Gasteiger partial charge in [-0.25, -0.2) is 0 Å². The first-order valence-corrected chi connectivity index (χ1v) is 12.4. The van der Waals surface area contributed by atoms with Crippen molar-refractivity contribution in [3.05, 3.63) is 29.8 Å². The maximum Gasteiger partial charge on any atom is 0.238 e. The monoisotopic (exact) mass is 439 g/mol. The SMILES string of the molecule is CC(C)(CO)C(=O)N1CCC2(CC1)C(=O)N(C1CC(N3CCCCC3)C1)c1ccccc12. The number of aliphatic hydroxyl groups excluding tert-OH is 1. The second kappa shape index (κ2) is 8.14. The molecule has 3 heterocycles. The molecule has 1 aliphatic carbocycles. The Bertz CT molecular complexity index is 878. The second-order valence-electron chi connectivity index (χ2n) is 11.0. The average Bonchev–Trinajstić information content (AvgIpc) is 3.02. The fourth-order valence-corrected chi connectivity index (χ4v) is 6.33. The molecule has 4 aliphatic rings. The highest BCUT2D eigenvalue weighted by Crippen LogP contribution is 2.51. The number of fused-ring (bicyclic) bond motifs is 2. The zero-order valence-electron chi connectivity index (χ0n) is 19.6. The van der Waals surface area contributed by atoms with E-state index in [-0.39, 0.29) is 18.4 Å². The summed E-state index contributed by atoms with van der Waals surface area (Å²) < 4.78 is 0. The van der Waals surface area contributed by atoms with Gasteiger partial charge in [-0.15, -0.1) is 0 Å². The number of carbonyl (C=O) groups is 2. The summed E-state index contributed by atoms with van der Waals surface area (Å²) in [6, 6.07) is 9.24. The van der Waals surface area contributed by atoms with Gasteiger partial charge in [-0.1, -0.05) is 24.6 Å². The number of hydrogen-bond acceptors (Lipinski definition) is 4. The predicted molar refractivity (Wildman–Crippen MR) is 125 cm³/mol. The fraction of sp³-hybridized carbons (Fsp3) is 0.692. The Morgan fingerprint density at radius 2 is 1.69 bits per heavy atom. The minimum absolute atomic E-state index is 0.0196. The number of nitrogens with zero attached hydrogens (tertiary/aromatic N) is 3. The fourth-order valence-electron chi connectivity index (χ4n) is 6.33. The molecule has 1 aromatic rings. The summed E-state index contributed by atoms with van der Waals surface area (Å²) >= 11 is 0. The van der Waals surface area contributed by atoms with Crippen LogP contribution in [0.4, 0.5) is 5.69 Å². The van der Waals surface area contributed by atoms with Crippen molar-refractivity contribution in [1.29, 1.82) is 0 Å². The van der Waals surface area contributed by atoms with Gasteiger partial charge < -0.3 is 19.8 Å². The molecular formula is C26H37N3O3. The topological polar surface area (TPSA) is 64.1 Å². The van der Waals surface area contributed by atoms with E-state index in [2.05, 4.69) is 21.9 Å². The molecule has 32 heavy (non-hydrogen) atoms. The maximum atomic E-state index is 14.0. The lowest BCUT2D eigenvalue weighted by Gasteiger charge is -2.48. The van der Waals surface area contributed by atoms with Gasteiger partial charge in [0.2, 0.25) is 11.8 Å². The zero-order chi connectivity index (χ0) is 22.5. The van der Waals surface area contributed by atoms with Crippen LogP contribution in [-0.4, -0.2) is 71.6 Å². The first-order chi connectivity index (χ1) is 15.4. The van der Waals surface area contributed by atoms with Crippen LogP contribution >= 0.6 is 0 Å². The largest absolute Gasteiger partial charge is 0.395 e. The minimum Gasteiger partial charge on any atom is -0.395 e. The number of benzene rings is 1. The molecule has 0 aromatic heterocycles. The highest BCUT2D eigenvalue weighted by atomic mass is 16.3. The van der Waals surface area contributed by atoms with E-state index < -0.39 is 10.8 Å². The van der Waals surface area contributed by atoms with Crippen LogP contribution in [0.1, 0.15) is 64.4 Å². The van der Waals surface area contributed by atoms with E-state index in [1.807, 2.05) is 17.0 Å². The van der Waals surface area contributed by atoms with Crippen molar-refractivity contribution in [2.24, 2.45) is 5.41 Å². The molecule has 0 radical (unpaired) electrons. The molecule has 6 nitrogen and oxygen atoms in total. The Morgan fingerprint density at radius 1 is 1.03 bits per heavy atom. The summed E-state index contributed by atoms with van der Waals surface area (Å²) in [6.07, 6.45) is 7.43. The van der Waals surface area contributed by atoms with Gasteiger partial charge in [0.15, 0.2) is 0 Å². The molecule has 1 saturated carbocycles. The highest BCUT2D eigenvalue weighted by Gasteiger charge is 2.55. The Labute approximate surface area is 191 Å². The van der Waals surface area contributed by atoms with Gasteiger partial charge in [0.05, 0.1) is 17.4 Å². The molecule has 3 fully saturated rings. The molecule has 1 N–H and O–H groups in total. The van der Waals surface area contributed by atoms with Crippen molar-refractivity contribution < 1.29 is 14.7 Å². The van der Waals surface area contributed by atoms with Crippen LogP contribution in [0.3, 0.4) is 0 Å². The zero-order valence-corrected chi connectivity index (χ0v) is 19.6. The molecule has 0 unspecified atom stereocenters. The molecule has 6 heteroatoms. The number of piperidine rings is 2. The van der Waals surface area contributed by atoms with Gasteiger partial charge in [0, 0.05) is 30.9 Å². The van der Waals surface area contributed by atoms with Gasteiger partial charge in [-0.05, 0) is 77.1 Å². The molecular weight excluding hydrogens is 402 g/mol. The number of amides is 2. The van der Waals surface area contributed by atoms with Gasteiger partial charge in [0.1, 0.15) is 0 Å². The van der Waals surface area contributed by atoms with Crippen LogP contribution in [0.25, 0.3) is 0 Å². The van der Waals surface area contributed by atoms with E-state index in [0.717, 1.165) is 24.1 Å². The summed E-state index contributed by atoms with van der Waals surface area (Å²) in [5.74, 6) is 0.225. The first kappa shape index (κ1) is 21.9. The summed E-state index contributed by atoms with van der Waals surface area (Å²) in [6.45, 7) is 6.96. The lowest BCUT2D eigenvalue weighted by Crippen LogP contribution is -2.58. The maximum absolute atomic E-state index is 14.0. The Hall–Kier alpha value is -1.92. The van der Waals surface area contributed by atoms with E-state index >= 15 is 0 Å². The van der Waals surface area contributed by atoms with E-state index in [1.165, 1.54) is 32.4 Å². The molecule has 0 atom stereocenters. The molecule has 5 rings (SSSR count). The lowest BCUT2D eigenvalue weighted by molar-refractivity contribution is -0.145. The van der Waals surface area contributed by atoms with Crippen molar-refractivity contribution in [2.45, 2.75) is 76.3 Å². The first-order valence-electron chi connectivity index (χ1n) is 12.4. The van der Waals surface area contributed by atoms with E-state index in [0.29, 0.717) is 38.0 Å². The summed E-state index contributed by atoms with van der Waals surface area (Å²) in [5.41, 5.74) is 0.964. The van der Waals surface area contributed by atoms with E-state index in [4.69, 9.17) is 0 Å². The quantitative estimate of drug-likeness (QED) is 0.784. The Balaban J connectivity index is 1.32. The Morgan fingerprint density at radius 3 is 2.34 bits per heavy atom. The third kappa shape index (κ3) is 3.38. The van der Waals surface area contributed by atoms with Gasteiger partial charge >= 0.3 is 0 Å². The number of aliphatic hydroxyl groups is 1. The van der Waals surface area contributed by atoms with Crippen molar-refractivity contribution in [2.75, 3.05) is 37.7 Å². The van der Waals surface area contributed by atoms with Crippen LogP contribution in [-0.2, 0) is 15.0 Å². The number of rotatable bonds is 4. The van der Waals surface area contributed by atoms with Crippen molar-refractivity contribution in [3.63, 3.8) is 0 Å². The van der Waals surface area contributed by atoms with Crippen LogP contribution in [0, 0.1) is 5.41 Å². The molecule has 2 saturated heterocycles. The molecule has 2 amide bonds. The highest BCUT2D eigenvalue weighted by molar-refractivity contribution is 6.09. The number of carbonyl (C=O) groups excluding carboxylic acids is 2. The van der Waals surface area contributed by atoms with Gasteiger partial charge in [0.25, 0.3) is 0 Å². The van der Waals surface area contributed by atoms with E-state index in [9.17, 15) is 14.7 Å². The number of anilines is 1. The van der Waals surface area contributed by atoms with Crippen LogP contribution in [0.15, 0.2) is 24.3 Å². The molecule has 1 aromatic carbocycles. The van der Waals surface area contributed by atoms with Crippen molar-refractivity contribution in [3.8, 4) is 0 Å². The van der Waals surface area contributed by atoms with Gasteiger partial charge in [-0.3, -0.25) is 9.59 Å². The third-order valence-corrected chi connectivity index (χ3v) is 8.55. The number of para-hydroxylation sites is 1. The summed E-state index contributed by atoms with van der Waals surface area (Å²) in [7, 11) is 0. The second-order valence-corrected chi connectivity index (χ2v) is 11.0. The molecule has 174 valence electrons. The van der Waals surface area contributed by atoms with Crippen LogP contribution in [0.5, 0.6) is 0 Å². The standard InChI is InChI=1S/C26H37N3O3/c1-25(2,18-30)23(31)28-14-10-26(11-15-28)21-8-4-5-9-22(21)29(24(26)32)20-16-19(17-20)27-12-6-3-7-13-27/h4-5,8-9,19-20,30H,3,6-7,10-18H2,1-2H3. The van der Waals surface area contributed by atoms with E-state index in [1.54, 1.807) is 13.8 Å². The van der Waals surface area contributed by atoms with Crippen LogP contribution in [0.2, 0.25) is 0 Å². The summed E-state index contributed by atoms with van der Waals surface area (Å²) in [4.78, 5) is 33.4. The lowest BCUT2D eigenvalue weighted by atomic mass is 9.73. The number of hydrogen-bond donors (Lipinski definition) is 1. The van der Waals surface area contributed by atoms with Crippen molar-refractivity contribution in [1.82, 2.24) is 9.80 Å². The predicted octanol–water partition coefficient (Wildman–Crippen LogP) is 2.93.